The van der Waals surface area contributed by atoms with E-state index in [0.29, 0.717) is 5.56 Å². The lowest BCUT2D eigenvalue weighted by molar-refractivity contribution is -0.128. The van der Waals surface area contributed by atoms with E-state index in [1.807, 2.05) is 0 Å². The molecule has 0 amide bonds. The molecule has 0 saturated carbocycles. The molecule has 0 aliphatic rings. The number of nitrogens with two attached hydrogens (primary N) is 1. The van der Waals surface area contributed by atoms with E-state index in [4.69, 9.17) is 5.73 Å². The number of anilines is 1. The van der Waals surface area contributed by atoms with Gasteiger partial charge in [0.1, 0.15) is 18.1 Å². The van der Waals surface area contributed by atoms with Crippen molar-refractivity contribution in [2.75, 3.05) is 5.73 Å². The summed E-state index contributed by atoms with van der Waals surface area (Å²) >= 11 is 0. The van der Waals surface area contributed by atoms with Crippen molar-refractivity contribution < 1.29 is 13.2 Å². The van der Waals surface area contributed by atoms with E-state index >= 15 is 0 Å². The van der Waals surface area contributed by atoms with Gasteiger partial charge in [-0.05, 0) is 6.92 Å². The first-order valence-corrected chi connectivity index (χ1v) is 3.53. The number of aryl methyl sites for hydroxylation is 1. The molecule has 13 heavy (non-hydrogen) atoms. The molecule has 6 heteroatoms. The molecule has 0 aliphatic heterocycles. The zero-order valence-corrected chi connectivity index (χ0v) is 6.89. The molecule has 0 spiro atoms. The molecule has 0 fully saturated rings. The Kier molecular flexibility index (Phi) is 2.40. The minimum Gasteiger partial charge on any atom is -0.383 e. The third-order valence-corrected chi connectivity index (χ3v) is 1.42. The molecule has 0 atom stereocenters. The summed E-state index contributed by atoms with van der Waals surface area (Å²) < 4.78 is 35.6. The number of aromatic nitrogens is 2. The predicted molar refractivity (Wildman–Crippen MR) is 40.9 cm³/mol. The summed E-state index contributed by atoms with van der Waals surface area (Å²) in [4.78, 5) is 7.02. The van der Waals surface area contributed by atoms with Crippen molar-refractivity contribution in [3.8, 4) is 0 Å². The van der Waals surface area contributed by atoms with Crippen molar-refractivity contribution >= 4 is 5.82 Å². The first kappa shape index (κ1) is 9.76. The van der Waals surface area contributed by atoms with Crippen LogP contribution in [0.4, 0.5) is 19.0 Å². The molecule has 1 aromatic heterocycles. The number of nitrogens with zero attached hydrogens (tertiary/aromatic N) is 2. The smallest absolute Gasteiger partial charge is 0.383 e. The van der Waals surface area contributed by atoms with Crippen LogP contribution in [0.2, 0.25) is 0 Å². The lowest BCUT2D eigenvalue weighted by Gasteiger charge is -2.05. The van der Waals surface area contributed by atoms with Crippen LogP contribution in [-0.4, -0.2) is 16.1 Å². The fourth-order valence-corrected chi connectivity index (χ4v) is 0.758. The third-order valence-electron chi connectivity index (χ3n) is 1.42. The van der Waals surface area contributed by atoms with Crippen LogP contribution in [0.1, 0.15) is 11.4 Å². The molecule has 3 nitrogen and oxygen atoms in total. The van der Waals surface area contributed by atoms with E-state index in [2.05, 4.69) is 9.97 Å². The van der Waals surface area contributed by atoms with Gasteiger partial charge < -0.3 is 5.73 Å². The fourth-order valence-electron chi connectivity index (χ4n) is 0.758. The topological polar surface area (TPSA) is 51.8 Å². The van der Waals surface area contributed by atoms with Crippen LogP contribution >= 0.6 is 0 Å². The van der Waals surface area contributed by atoms with Gasteiger partial charge in [-0.1, -0.05) is 0 Å². The number of alkyl halides is 3. The number of halogens is 3. The van der Waals surface area contributed by atoms with Crippen LogP contribution in [0.15, 0.2) is 6.20 Å². The average Bonchev–Trinajstić information content (AvgIpc) is 1.94. The van der Waals surface area contributed by atoms with Crippen LogP contribution in [0.3, 0.4) is 0 Å². The van der Waals surface area contributed by atoms with Gasteiger partial charge in [0.05, 0.1) is 0 Å². The van der Waals surface area contributed by atoms with Crippen molar-refractivity contribution in [1.29, 1.82) is 0 Å². The number of rotatable bonds is 1. The van der Waals surface area contributed by atoms with E-state index in [0.717, 1.165) is 0 Å². The molecule has 0 bridgehead atoms. The third kappa shape index (κ3) is 2.89. The van der Waals surface area contributed by atoms with Gasteiger partial charge in [-0.2, -0.15) is 13.2 Å². The van der Waals surface area contributed by atoms with E-state index in [-0.39, 0.29) is 11.6 Å². The second-order valence-electron chi connectivity index (χ2n) is 2.65. The van der Waals surface area contributed by atoms with Gasteiger partial charge in [-0.3, -0.25) is 0 Å². The summed E-state index contributed by atoms with van der Waals surface area (Å²) in [5.41, 5.74) is 5.90. The highest BCUT2D eigenvalue weighted by atomic mass is 19.4. The lowest BCUT2D eigenvalue weighted by atomic mass is 10.3. The summed E-state index contributed by atoms with van der Waals surface area (Å²) in [6.07, 6.45) is -4.15. The molecule has 1 rings (SSSR count). The van der Waals surface area contributed by atoms with Crippen LogP contribution in [0, 0.1) is 6.92 Å². The summed E-state index contributed by atoms with van der Waals surface area (Å²) in [5, 5.41) is 0. The van der Waals surface area contributed by atoms with Crippen molar-refractivity contribution in [1.82, 2.24) is 9.97 Å². The van der Waals surface area contributed by atoms with Crippen LogP contribution in [-0.2, 0) is 6.42 Å². The van der Waals surface area contributed by atoms with Crippen LogP contribution in [0.25, 0.3) is 0 Å². The highest BCUT2D eigenvalue weighted by molar-refractivity contribution is 5.35. The van der Waals surface area contributed by atoms with Crippen molar-refractivity contribution in [2.45, 2.75) is 19.5 Å². The molecule has 72 valence electrons. The van der Waals surface area contributed by atoms with Gasteiger partial charge in [-0.25, -0.2) is 9.97 Å². The summed E-state index contributed by atoms with van der Waals surface area (Å²) in [5.74, 6) is -0.204. The Morgan fingerprint density at radius 2 is 2.08 bits per heavy atom. The second-order valence-corrected chi connectivity index (χ2v) is 2.65. The lowest BCUT2D eigenvalue weighted by Crippen LogP contribution is -2.15. The van der Waals surface area contributed by atoms with Crippen LogP contribution < -0.4 is 5.73 Å². The normalized spacial score (nSPS) is 11.7. The molecule has 2 N–H and O–H groups in total. The SMILES string of the molecule is Cc1cnc(CC(F)(F)F)nc1N. The highest BCUT2D eigenvalue weighted by Crippen LogP contribution is 2.19. The first-order chi connectivity index (χ1) is 5.88. The van der Waals surface area contributed by atoms with Gasteiger partial charge in [0.25, 0.3) is 0 Å². The Hall–Kier alpha value is -1.33. The van der Waals surface area contributed by atoms with Crippen molar-refractivity contribution in [3.05, 3.63) is 17.6 Å². The number of hydrogen-bond donors (Lipinski definition) is 1. The Labute approximate surface area is 72.8 Å². The summed E-state index contributed by atoms with van der Waals surface area (Å²) in [7, 11) is 0. The monoisotopic (exact) mass is 191 g/mol. The number of nitrogen functional groups attached to an aromatic ring is 1. The minimum absolute atomic E-state index is 0.0919. The molecular formula is C7H8F3N3. The Bertz CT molecular complexity index is 308. The molecule has 1 heterocycles. The first-order valence-electron chi connectivity index (χ1n) is 3.53. The molecule has 1 aromatic rings. The standard InChI is InChI=1S/C7H8F3N3/c1-4-3-12-5(13-6(4)11)2-7(8,9)10/h3H,2H2,1H3,(H2,11,12,13). The molecule has 0 aromatic carbocycles. The summed E-state index contributed by atoms with van der Waals surface area (Å²) in [6.45, 7) is 1.63. The van der Waals surface area contributed by atoms with Crippen molar-refractivity contribution in [2.24, 2.45) is 0 Å². The highest BCUT2D eigenvalue weighted by Gasteiger charge is 2.29. The molecular weight excluding hydrogens is 183 g/mol. The zero-order chi connectivity index (χ0) is 10.1. The van der Waals surface area contributed by atoms with Crippen molar-refractivity contribution in [3.63, 3.8) is 0 Å². The Morgan fingerprint density at radius 1 is 1.46 bits per heavy atom. The van der Waals surface area contributed by atoms with Gasteiger partial charge >= 0.3 is 6.18 Å². The predicted octanol–water partition coefficient (Wildman–Crippen LogP) is 1.47. The van der Waals surface area contributed by atoms with E-state index < -0.39 is 12.6 Å². The van der Waals surface area contributed by atoms with Gasteiger partial charge in [0.15, 0.2) is 0 Å². The molecule has 0 unspecified atom stereocenters. The van der Waals surface area contributed by atoms with Gasteiger partial charge in [0.2, 0.25) is 0 Å². The number of hydrogen-bond acceptors (Lipinski definition) is 3. The van der Waals surface area contributed by atoms with Gasteiger partial charge in [0, 0.05) is 11.8 Å². The average molecular weight is 191 g/mol. The maximum atomic E-state index is 11.9. The zero-order valence-electron chi connectivity index (χ0n) is 6.89. The maximum Gasteiger partial charge on any atom is 0.396 e. The molecule has 0 saturated heterocycles. The van der Waals surface area contributed by atoms with Gasteiger partial charge in [-0.15, -0.1) is 0 Å². The Morgan fingerprint density at radius 3 is 2.54 bits per heavy atom. The maximum absolute atomic E-state index is 11.9. The molecule has 0 aliphatic carbocycles. The quantitative estimate of drug-likeness (QED) is 0.731. The fraction of sp³-hybridized carbons (Fsp3) is 0.429. The van der Waals surface area contributed by atoms with E-state index in [9.17, 15) is 13.2 Å². The molecule has 0 radical (unpaired) electrons. The second kappa shape index (κ2) is 3.20. The summed E-state index contributed by atoms with van der Waals surface area (Å²) in [6, 6.07) is 0. The minimum atomic E-state index is -4.29. The van der Waals surface area contributed by atoms with Crippen LogP contribution in [0.5, 0.6) is 0 Å². The van der Waals surface area contributed by atoms with E-state index in [1.54, 1.807) is 6.92 Å². The van der Waals surface area contributed by atoms with E-state index in [1.165, 1.54) is 6.20 Å². The Balaban J connectivity index is 2.86. The largest absolute Gasteiger partial charge is 0.396 e.